The van der Waals surface area contributed by atoms with Crippen LogP contribution in [0.25, 0.3) is 0 Å². The summed E-state index contributed by atoms with van der Waals surface area (Å²) in [5, 5.41) is 0. The molecule has 0 aromatic heterocycles. The van der Waals surface area contributed by atoms with Gasteiger partial charge in [0.25, 0.3) is 0 Å². The molecule has 1 nitrogen and oxygen atoms in total. The highest BCUT2D eigenvalue weighted by atomic mass is 19.2. The summed E-state index contributed by atoms with van der Waals surface area (Å²) in [4.78, 5) is 0. The summed E-state index contributed by atoms with van der Waals surface area (Å²) >= 11 is 0. The van der Waals surface area contributed by atoms with Crippen molar-refractivity contribution in [3.63, 3.8) is 0 Å². The van der Waals surface area contributed by atoms with Gasteiger partial charge in [0.2, 0.25) is 5.82 Å². The maximum atomic E-state index is 15.1. The van der Waals surface area contributed by atoms with Crippen molar-refractivity contribution in [1.82, 2.24) is 0 Å². The molecule has 0 N–H and O–H groups in total. The van der Waals surface area contributed by atoms with Crippen molar-refractivity contribution in [3.8, 4) is 23.3 Å². The molecule has 158 valence electrons. The third-order valence-electron chi connectivity index (χ3n) is 5.43. The molecular weight excluding hydrogens is 397 g/mol. The first kappa shape index (κ1) is 21.1. The molecule has 31 heavy (non-hydrogen) atoms. The second-order valence-electron chi connectivity index (χ2n) is 7.79. The molecule has 0 saturated carbocycles. The first-order chi connectivity index (χ1) is 15.0. The Morgan fingerprint density at radius 2 is 1.48 bits per heavy atom. The Hall–Kier alpha value is -3.19. The summed E-state index contributed by atoms with van der Waals surface area (Å²) in [5.74, 6) is 2.83. The standard InChI is InChI=1S/C27H23F3O/c1-3-5-17-7-9-18(10-8-17)11-12-19-13-14-21-16-22-15-20(6-4-2)23(28)25(30)27(22)31-26(21)24(19)29/h7-10,13-15H,3-6,16H2,1-2H3. The molecule has 0 unspecified atom stereocenters. The lowest BCUT2D eigenvalue weighted by molar-refractivity contribution is 0.379. The van der Waals surface area contributed by atoms with Crippen molar-refractivity contribution in [1.29, 1.82) is 0 Å². The second-order valence-corrected chi connectivity index (χ2v) is 7.79. The highest BCUT2D eigenvalue weighted by molar-refractivity contribution is 5.56. The smallest absolute Gasteiger partial charge is 0.201 e. The molecule has 0 bridgehead atoms. The Morgan fingerprint density at radius 3 is 2.19 bits per heavy atom. The number of fused-ring (bicyclic) bond motifs is 2. The predicted octanol–water partition coefficient (Wildman–Crippen LogP) is 7.11. The number of rotatable bonds is 4. The zero-order chi connectivity index (χ0) is 22.0. The minimum Gasteiger partial charge on any atom is -0.450 e. The molecule has 0 atom stereocenters. The summed E-state index contributed by atoms with van der Waals surface area (Å²) in [6.07, 6.45) is 3.49. The highest BCUT2D eigenvalue weighted by Crippen LogP contribution is 2.42. The fraction of sp³-hybridized carbons (Fsp3) is 0.259. The van der Waals surface area contributed by atoms with Crippen molar-refractivity contribution in [3.05, 3.63) is 93.3 Å². The molecule has 1 heterocycles. The molecule has 4 heteroatoms. The monoisotopic (exact) mass is 420 g/mol. The van der Waals surface area contributed by atoms with E-state index in [0.29, 0.717) is 29.5 Å². The van der Waals surface area contributed by atoms with Crippen LogP contribution in [0, 0.1) is 29.3 Å². The van der Waals surface area contributed by atoms with E-state index >= 15 is 4.39 Å². The molecule has 0 saturated heterocycles. The van der Waals surface area contributed by atoms with Crippen molar-refractivity contribution in [2.75, 3.05) is 0 Å². The van der Waals surface area contributed by atoms with Crippen molar-refractivity contribution in [2.45, 2.75) is 46.0 Å². The molecule has 1 aliphatic heterocycles. The minimum absolute atomic E-state index is 0.0841. The van der Waals surface area contributed by atoms with Crippen LogP contribution >= 0.6 is 0 Å². The van der Waals surface area contributed by atoms with Gasteiger partial charge >= 0.3 is 0 Å². The van der Waals surface area contributed by atoms with Crippen LogP contribution in [0.2, 0.25) is 0 Å². The van der Waals surface area contributed by atoms with E-state index in [9.17, 15) is 8.78 Å². The van der Waals surface area contributed by atoms with Gasteiger partial charge in [0.15, 0.2) is 23.1 Å². The van der Waals surface area contributed by atoms with Crippen LogP contribution in [0.5, 0.6) is 11.5 Å². The Labute approximate surface area is 180 Å². The van der Waals surface area contributed by atoms with Gasteiger partial charge in [-0.1, -0.05) is 56.7 Å². The van der Waals surface area contributed by atoms with Gasteiger partial charge in [0.1, 0.15) is 0 Å². The van der Waals surface area contributed by atoms with Crippen LogP contribution in [0.1, 0.15) is 60.1 Å². The fourth-order valence-corrected chi connectivity index (χ4v) is 3.85. The molecular formula is C27H23F3O. The fourth-order valence-electron chi connectivity index (χ4n) is 3.85. The average Bonchev–Trinajstić information content (AvgIpc) is 2.77. The molecule has 0 radical (unpaired) electrons. The zero-order valence-corrected chi connectivity index (χ0v) is 17.6. The largest absolute Gasteiger partial charge is 0.450 e. The molecule has 0 fully saturated rings. The van der Waals surface area contributed by atoms with E-state index in [4.69, 9.17) is 4.74 Å². The lowest BCUT2D eigenvalue weighted by Crippen LogP contribution is -2.10. The summed E-state index contributed by atoms with van der Waals surface area (Å²) in [6, 6.07) is 12.8. The molecule has 3 aromatic rings. The Kier molecular flexibility index (Phi) is 6.04. The first-order valence-corrected chi connectivity index (χ1v) is 10.6. The number of aryl methyl sites for hydroxylation is 2. The quantitative estimate of drug-likeness (QED) is 0.320. The number of halogens is 3. The first-order valence-electron chi connectivity index (χ1n) is 10.6. The van der Waals surface area contributed by atoms with Crippen LogP contribution in [0.15, 0.2) is 42.5 Å². The van der Waals surface area contributed by atoms with E-state index in [-0.39, 0.29) is 23.5 Å². The SMILES string of the molecule is CCCc1ccc(C#Cc2ccc3c(c2F)Oc2c(cc(CCC)c(F)c2F)C3)cc1. The predicted molar refractivity (Wildman–Crippen MR) is 116 cm³/mol. The Morgan fingerprint density at radius 1 is 0.774 bits per heavy atom. The van der Waals surface area contributed by atoms with Crippen molar-refractivity contribution in [2.24, 2.45) is 0 Å². The highest BCUT2D eigenvalue weighted by Gasteiger charge is 2.27. The summed E-state index contributed by atoms with van der Waals surface area (Å²) in [7, 11) is 0. The number of hydrogen-bond acceptors (Lipinski definition) is 1. The topological polar surface area (TPSA) is 9.23 Å². The van der Waals surface area contributed by atoms with Crippen LogP contribution in [0.3, 0.4) is 0 Å². The van der Waals surface area contributed by atoms with Gasteiger partial charge in [0.05, 0.1) is 5.56 Å². The van der Waals surface area contributed by atoms with E-state index in [2.05, 4.69) is 18.8 Å². The van der Waals surface area contributed by atoms with Crippen molar-refractivity contribution >= 4 is 0 Å². The van der Waals surface area contributed by atoms with E-state index < -0.39 is 17.5 Å². The molecule has 1 aliphatic rings. The summed E-state index contributed by atoms with van der Waals surface area (Å²) in [5.41, 5.74) is 3.60. The average molecular weight is 420 g/mol. The Bertz CT molecular complexity index is 1180. The third kappa shape index (κ3) is 4.18. The Balaban J connectivity index is 1.65. The zero-order valence-electron chi connectivity index (χ0n) is 17.6. The normalized spacial score (nSPS) is 11.8. The van der Waals surface area contributed by atoms with Gasteiger partial charge in [0, 0.05) is 23.1 Å². The maximum absolute atomic E-state index is 15.1. The number of ether oxygens (including phenoxy) is 1. The number of benzene rings is 3. The van der Waals surface area contributed by atoms with E-state index in [1.165, 1.54) is 5.56 Å². The molecule has 3 aromatic carbocycles. The van der Waals surface area contributed by atoms with Crippen LogP contribution in [-0.2, 0) is 19.3 Å². The molecule has 4 rings (SSSR count). The van der Waals surface area contributed by atoms with Gasteiger partial charge in [-0.3, -0.25) is 0 Å². The van der Waals surface area contributed by atoms with Gasteiger partial charge in [-0.15, -0.1) is 0 Å². The van der Waals surface area contributed by atoms with Gasteiger partial charge < -0.3 is 4.74 Å². The molecule has 0 amide bonds. The third-order valence-corrected chi connectivity index (χ3v) is 5.43. The van der Waals surface area contributed by atoms with Gasteiger partial charge in [-0.05, 0) is 48.2 Å². The summed E-state index contributed by atoms with van der Waals surface area (Å²) in [6.45, 7) is 4.03. The summed E-state index contributed by atoms with van der Waals surface area (Å²) < 4.78 is 49.6. The van der Waals surface area contributed by atoms with Crippen molar-refractivity contribution < 1.29 is 17.9 Å². The molecule has 0 aliphatic carbocycles. The van der Waals surface area contributed by atoms with Gasteiger partial charge in [-0.2, -0.15) is 4.39 Å². The maximum Gasteiger partial charge on any atom is 0.201 e. The number of hydrogen-bond donors (Lipinski definition) is 0. The van der Waals surface area contributed by atoms with Gasteiger partial charge in [-0.25, -0.2) is 8.78 Å². The van der Waals surface area contributed by atoms with E-state index in [1.54, 1.807) is 18.2 Å². The lowest BCUT2D eigenvalue weighted by atomic mass is 9.95. The van der Waals surface area contributed by atoms with Crippen LogP contribution < -0.4 is 4.74 Å². The lowest BCUT2D eigenvalue weighted by Gasteiger charge is -2.22. The van der Waals surface area contributed by atoms with E-state index in [1.807, 2.05) is 31.2 Å². The van der Waals surface area contributed by atoms with Crippen LogP contribution in [0.4, 0.5) is 13.2 Å². The second kappa shape index (κ2) is 8.89. The van der Waals surface area contributed by atoms with Crippen LogP contribution in [-0.4, -0.2) is 0 Å². The van der Waals surface area contributed by atoms with E-state index in [0.717, 1.165) is 18.4 Å². The minimum atomic E-state index is -1.06. The molecule has 0 spiro atoms.